The molecule has 0 aliphatic carbocycles. The van der Waals surface area contributed by atoms with Crippen LogP contribution in [-0.2, 0) is 23.8 Å². The summed E-state index contributed by atoms with van der Waals surface area (Å²) < 4.78 is 43.1. The van der Waals surface area contributed by atoms with Crippen LogP contribution in [-0.4, -0.2) is 179 Å². The number of ether oxygens (including phenoxy) is 5. The number of halogens is 1. The molecule has 0 saturated carbocycles. The zero-order chi connectivity index (χ0) is 47.5. The van der Waals surface area contributed by atoms with Crippen molar-refractivity contribution in [1.82, 2.24) is 52.4 Å². The van der Waals surface area contributed by atoms with Crippen LogP contribution in [0.1, 0.15) is 38.3 Å². The van der Waals surface area contributed by atoms with Crippen molar-refractivity contribution in [2.75, 3.05) is 117 Å². The number of nitrogens with one attached hydrogen (secondary N) is 8. The second-order valence-electron chi connectivity index (χ2n) is 16.9. The minimum Gasteiger partial charge on any atom is -0.497 e. The molecule has 23 heteroatoms. The number of carbonyl (C=O) groups excluding carboxylic acids is 4. The first kappa shape index (κ1) is 52.2. The quantitative estimate of drug-likeness (QED) is 0.0667. The average molecular weight is 978 g/mol. The maximum Gasteiger partial charge on any atom is 0.321 e. The first-order valence-electron chi connectivity index (χ1n) is 22.9. The Bertz CT molecular complexity index is 1890. The van der Waals surface area contributed by atoms with Crippen molar-refractivity contribution in [3.05, 3.63) is 53.8 Å². The van der Waals surface area contributed by atoms with Crippen LogP contribution in [0.3, 0.4) is 0 Å². The van der Waals surface area contributed by atoms with E-state index in [1.165, 1.54) is 24.9 Å². The number of carbonyl (C=O) groups is 4. The third-order valence-electron chi connectivity index (χ3n) is 11.6. The fourth-order valence-electron chi connectivity index (χ4n) is 7.58. The molecule has 0 radical (unpaired) electrons. The molecule has 372 valence electrons. The summed E-state index contributed by atoms with van der Waals surface area (Å²) in [5.41, 5.74) is 7.08. The molecule has 5 unspecified atom stereocenters. The lowest BCUT2D eigenvalue weighted by molar-refractivity contribution is -0.133. The smallest absolute Gasteiger partial charge is 0.321 e. The lowest BCUT2D eigenvalue weighted by Crippen LogP contribution is -2.53. The summed E-state index contributed by atoms with van der Waals surface area (Å²) in [5.74, 6) is 1.32. The fraction of sp³-hybridized carbons (Fsp3) is 0.636. The average Bonchev–Trinajstić information content (AvgIpc) is 3.97. The van der Waals surface area contributed by atoms with Crippen molar-refractivity contribution in [3.8, 4) is 11.5 Å². The van der Waals surface area contributed by atoms with Gasteiger partial charge in [-0.05, 0) is 50.7 Å². The molecular weight excluding hydrogens is 910 g/mol. The third-order valence-corrected chi connectivity index (χ3v) is 14.4. The summed E-state index contributed by atoms with van der Waals surface area (Å²) >= 11 is 2.95. The van der Waals surface area contributed by atoms with Gasteiger partial charge in [0.2, 0.25) is 11.8 Å². The van der Waals surface area contributed by atoms with Gasteiger partial charge in [-0.1, -0.05) is 13.0 Å². The molecule has 6 rings (SSSR count). The summed E-state index contributed by atoms with van der Waals surface area (Å²) in [6.45, 7) is 11.6. The predicted octanol–water partition coefficient (Wildman–Crippen LogP) is 1.87. The number of likely N-dealkylation sites (N-methyl/N-ethyl adjacent to an activating group) is 1. The number of benzene rings is 2. The maximum absolute atomic E-state index is 14.7. The largest absolute Gasteiger partial charge is 0.497 e. The Morgan fingerprint density at radius 3 is 2.40 bits per heavy atom. The topological polar surface area (TPSA) is 220 Å². The zero-order valence-electron chi connectivity index (χ0n) is 38.8. The summed E-state index contributed by atoms with van der Waals surface area (Å²) in [5, 5.41) is 18.9. The van der Waals surface area contributed by atoms with Crippen LogP contribution in [0.2, 0.25) is 0 Å². The van der Waals surface area contributed by atoms with Crippen LogP contribution in [0, 0.1) is 11.7 Å². The first-order chi connectivity index (χ1) is 32.4. The molecule has 8 N–H and O–H groups in total. The number of hydrogen-bond donors (Lipinski definition) is 8. The first-order valence-corrected chi connectivity index (χ1v) is 24.9. The van der Waals surface area contributed by atoms with Gasteiger partial charge in [-0.25, -0.2) is 24.4 Å². The van der Waals surface area contributed by atoms with Crippen molar-refractivity contribution in [2.45, 2.75) is 60.9 Å². The molecule has 4 aliphatic rings. The van der Waals surface area contributed by atoms with Gasteiger partial charge in [0.15, 0.2) is 0 Å². The number of nitrogens with zero attached hydrogens (tertiary/aromatic N) is 3. The van der Waals surface area contributed by atoms with E-state index in [1.54, 1.807) is 43.0 Å². The van der Waals surface area contributed by atoms with Gasteiger partial charge in [0.25, 0.3) is 0 Å². The summed E-state index contributed by atoms with van der Waals surface area (Å²) in [6, 6.07) is 10.6. The standard InChI is InChI=1S/C44H68FN11O9S2/c1-29-25-46-42(59)50-41(29)67-38(40(58)47-30(2)36-10-9-35(61-4)24-37(36)45)11-17-62-19-21-64-22-20-63-18-16-56-26-33(52-53-56)27-65-34-7-5-31(6-8-34)48-43(60)51-44-49-32(28-66-44)23-39(57)55-14-12-54(3)13-15-55/h5-10,24,29-30,32-33,38,41,44,49,52-53H,11-23,25-28H2,1-4H3,(H,47,58)(H2,46,50,59)(H2,48,51,60)/t29?,30-,32?,33?,38-,41?,44?/m1/s1. The number of methoxy groups -OCH3 is 1. The molecule has 0 spiro atoms. The Balaban J connectivity index is 0.776. The SMILES string of the molecule is COc1ccc([C@@H](C)NC(=O)[C@@H](CCOCCOCCOCCN2CC(COc3ccc(NC(=O)NC4NC(CC(=O)N5CCN(C)CC5)CS4)cc3)NN2)SC2NC(=O)NCC2C)c(F)c1. The minimum absolute atomic E-state index is 0.0168. The number of anilines is 1. The van der Waals surface area contributed by atoms with Gasteiger partial charge in [0, 0.05) is 93.9 Å². The van der Waals surface area contributed by atoms with E-state index in [1.807, 2.05) is 29.0 Å². The van der Waals surface area contributed by atoms with Crippen LogP contribution < -0.4 is 52.3 Å². The molecule has 4 saturated heterocycles. The predicted molar refractivity (Wildman–Crippen MR) is 255 cm³/mol. The number of hydrogen-bond acceptors (Lipinski definition) is 16. The van der Waals surface area contributed by atoms with Crippen molar-refractivity contribution >= 4 is 53.1 Å². The highest BCUT2D eigenvalue weighted by atomic mass is 32.2. The highest BCUT2D eigenvalue weighted by molar-refractivity contribution is 8.01. The minimum atomic E-state index is -0.588. The number of rotatable bonds is 25. The van der Waals surface area contributed by atoms with Crippen molar-refractivity contribution in [1.29, 1.82) is 0 Å². The molecule has 6 amide bonds. The second kappa shape index (κ2) is 27.1. The van der Waals surface area contributed by atoms with Crippen LogP contribution in [0.25, 0.3) is 0 Å². The molecule has 4 heterocycles. The molecule has 0 aromatic heterocycles. The molecule has 67 heavy (non-hydrogen) atoms. The maximum atomic E-state index is 14.7. The lowest BCUT2D eigenvalue weighted by atomic mass is 10.1. The van der Waals surface area contributed by atoms with Crippen LogP contribution >= 0.6 is 23.5 Å². The van der Waals surface area contributed by atoms with E-state index in [0.717, 1.165) is 31.9 Å². The van der Waals surface area contributed by atoms with E-state index in [4.69, 9.17) is 23.7 Å². The molecule has 4 fully saturated rings. The van der Waals surface area contributed by atoms with Gasteiger partial charge in [-0.3, -0.25) is 14.9 Å². The van der Waals surface area contributed by atoms with Crippen molar-refractivity contribution in [3.63, 3.8) is 0 Å². The summed E-state index contributed by atoms with van der Waals surface area (Å²) in [7, 11) is 3.53. The van der Waals surface area contributed by atoms with Gasteiger partial charge < -0.3 is 60.1 Å². The Labute approximate surface area is 400 Å². The van der Waals surface area contributed by atoms with E-state index in [-0.39, 0.29) is 52.7 Å². The highest BCUT2D eigenvalue weighted by Crippen LogP contribution is 2.28. The zero-order valence-corrected chi connectivity index (χ0v) is 40.4. The molecule has 0 bridgehead atoms. The van der Waals surface area contributed by atoms with Crippen LogP contribution in [0.15, 0.2) is 42.5 Å². The van der Waals surface area contributed by atoms with E-state index in [0.29, 0.717) is 101 Å². The Hall–Kier alpha value is -4.17. The van der Waals surface area contributed by atoms with Gasteiger partial charge in [-0.15, -0.1) is 23.5 Å². The van der Waals surface area contributed by atoms with E-state index >= 15 is 0 Å². The number of piperazine rings is 1. The number of thioether (sulfide) groups is 2. The highest BCUT2D eigenvalue weighted by Gasteiger charge is 2.33. The van der Waals surface area contributed by atoms with Gasteiger partial charge in [0.05, 0.1) is 62.9 Å². The molecule has 4 aliphatic heterocycles. The van der Waals surface area contributed by atoms with Gasteiger partial charge in [-0.2, -0.15) is 5.53 Å². The van der Waals surface area contributed by atoms with E-state index < -0.39 is 17.1 Å². The molecular formula is C44H68FN11O9S2. The van der Waals surface area contributed by atoms with E-state index in [9.17, 15) is 23.6 Å². The third kappa shape index (κ3) is 17.4. The monoisotopic (exact) mass is 977 g/mol. The molecule has 20 nitrogen and oxygen atoms in total. The lowest BCUT2D eigenvalue weighted by Gasteiger charge is -2.33. The van der Waals surface area contributed by atoms with Crippen molar-refractivity contribution < 1.29 is 47.3 Å². The normalized spacial score (nSPS) is 23.2. The number of hydrazine groups is 2. The van der Waals surface area contributed by atoms with E-state index in [2.05, 4.69) is 54.8 Å². The summed E-state index contributed by atoms with van der Waals surface area (Å²) in [6.07, 6.45) is 0.805. The molecule has 2 aromatic rings. The summed E-state index contributed by atoms with van der Waals surface area (Å²) in [4.78, 5) is 55.1. The van der Waals surface area contributed by atoms with Gasteiger partial charge >= 0.3 is 12.1 Å². The van der Waals surface area contributed by atoms with Crippen LogP contribution in [0.4, 0.5) is 19.7 Å². The van der Waals surface area contributed by atoms with Gasteiger partial charge in [0.1, 0.15) is 29.4 Å². The number of urea groups is 2. The van der Waals surface area contributed by atoms with Crippen LogP contribution in [0.5, 0.6) is 11.5 Å². The van der Waals surface area contributed by atoms with Crippen molar-refractivity contribution in [2.24, 2.45) is 5.92 Å². The Morgan fingerprint density at radius 1 is 0.955 bits per heavy atom. The fourth-order valence-corrected chi connectivity index (χ4v) is 10.0. The molecule has 7 atom stereocenters. The second-order valence-corrected chi connectivity index (χ2v) is 19.4. The Morgan fingerprint density at radius 2 is 1.67 bits per heavy atom. The Kier molecular flexibility index (Phi) is 21.1. The number of amides is 6. The molecule has 2 aromatic carbocycles.